The maximum absolute atomic E-state index is 14.3. The van der Waals surface area contributed by atoms with E-state index in [0.717, 1.165) is 87.2 Å². The number of aliphatic hydroxyl groups excluding tert-OH is 3. The molecule has 2 saturated carbocycles. The minimum Gasteiger partial charge on any atom is -0.492 e. The summed E-state index contributed by atoms with van der Waals surface area (Å²) in [5.74, 6) is 0.0168. The predicted octanol–water partition coefficient (Wildman–Crippen LogP) is 3.89. The Hall–Kier alpha value is -3.00. The minimum absolute atomic E-state index is 0.0432. The van der Waals surface area contributed by atoms with E-state index in [4.69, 9.17) is 23.8 Å². The molecule has 5 aliphatic rings. The van der Waals surface area contributed by atoms with E-state index in [1.54, 1.807) is 13.2 Å². The number of hydrogen-bond acceptors (Lipinski definition) is 11. The molecule has 0 aromatic heterocycles. The van der Waals surface area contributed by atoms with Gasteiger partial charge >= 0.3 is 0 Å². The van der Waals surface area contributed by atoms with Gasteiger partial charge in [0.1, 0.15) is 31.3 Å². The van der Waals surface area contributed by atoms with Crippen molar-refractivity contribution >= 4 is 11.6 Å². The number of carbonyl (C=O) groups is 1. The normalized spacial score (nSPS) is 28.3. The van der Waals surface area contributed by atoms with Gasteiger partial charge in [0, 0.05) is 63.2 Å². The molecule has 2 aliphatic heterocycles. The number of oxime groups is 1. The fraction of sp³-hybridized carbons (Fsp3) is 0.700. The summed E-state index contributed by atoms with van der Waals surface area (Å²) in [6, 6.07) is 5.53. The third-order valence-electron chi connectivity index (χ3n) is 11.4. The molecule has 1 aromatic carbocycles. The average Bonchev–Trinajstić information content (AvgIpc) is 4.09. The molecule has 12 heteroatoms. The van der Waals surface area contributed by atoms with Crippen molar-refractivity contribution in [2.75, 3.05) is 79.5 Å². The van der Waals surface area contributed by atoms with Gasteiger partial charge in [-0.25, -0.2) is 0 Å². The molecule has 3 N–H and O–H groups in total. The number of carbonyl (C=O) groups excluding carboxylic acids is 1. The van der Waals surface area contributed by atoms with Crippen LogP contribution >= 0.6 is 0 Å². The lowest BCUT2D eigenvalue weighted by Gasteiger charge is -2.60. The molecule has 1 aromatic rings. The van der Waals surface area contributed by atoms with E-state index in [9.17, 15) is 20.1 Å². The molecule has 6 atom stereocenters. The first-order chi connectivity index (χ1) is 25.5. The molecule has 3 fully saturated rings. The summed E-state index contributed by atoms with van der Waals surface area (Å²) in [6.45, 7) is 8.82. The van der Waals surface area contributed by atoms with Crippen LogP contribution in [0.1, 0.15) is 69.3 Å². The van der Waals surface area contributed by atoms with Crippen LogP contribution < -0.4 is 9.47 Å². The number of nitrogens with zero attached hydrogens (tertiary/aromatic N) is 3. The Labute approximate surface area is 308 Å². The van der Waals surface area contributed by atoms with Gasteiger partial charge < -0.3 is 44.0 Å². The number of hydrogen-bond donors (Lipinski definition) is 3. The first-order valence-corrected chi connectivity index (χ1v) is 19.4. The predicted molar refractivity (Wildman–Crippen MR) is 196 cm³/mol. The third kappa shape index (κ3) is 8.69. The number of benzene rings is 1. The highest BCUT2D eigenvalue weighted by Gasteiger charge is 2.65. The molecule has 1 amide bonds. The molecule has 52 heavy (non-hydrogen) atoms. The molecule has 0 bridgehead atoms. The molecular weight excluding hydrogens is 666 g/mol. The van der Waals surface area contributed by atoms with E-state index in [2.05, 4.69) is 28.8 Å². The standard InChI is InChI=1S/C40H59N3O9/c1-3-21-51-40-36(43(17-22-49-24-20-46)39(47)28-10-11-28)27-34(41-48-2)32-25-29(8-4-6-18-44)31(9-5-7-19-45)37(38(32)40)33-26-30(12-13-35(33)52-40)50-23-16-42-14-15-42/h3,12-13,25-26,28-29,31,36-38,44-46H,1,4-11,14-24,27H2,2H3/t29-,31+,36-,37+,38+,40+/m0/s1. The molecule has 0 radical (unpaired) electrons. The summed E-state index contributed by atoms with van der Waals surface area (Å²) in [6.07, 6.45) is 11.0. The van der Waals surface area contributed by atoms with Gasteiger partial charge in [-0.1, -0.05) is 30.1 Å². The highest BCUT2D eigenvalue weighted by molar-refractivity contribution is 6.03. The van der Waals surface area contributed by atoms with Crippen molar-refractivity contribution in [3.63, 3.8) is 0 Å². The molecule has 1 saturated heterocycles. The van der Waals surface area contributed by atoms with Gasteiger partial charge in [0.25, 0.3) is 0 Å². The number of aliphatic hydroxyl groups is 3. The Balaban J connectivity index is 1.51. The van der Waals surface area contributed by atoms with Crippen LogP contribution in [0.5, 0.6) is 11.5 Å². The number of unbranched alkanes of at least 4 members (excludes halogenated alkanes) is 2. The smallest absolute Gasteiger partial charge is 0.239 e. The first kappa shape index (κ1) is 38.7. The second-order valence-corrected chi connectivity index (χ2v) is 14.8. The third-order valence-corrected chi connectivity index (χ3v) is 11.4. The van der Waals surface area contributed by atoms with E-state index in [0.29, 0.717) is 31.7 Å². The molecule has 0 spiro atoms. The highest BCUT2D eigenvalue weighted by Crippen LogP contribution is 2.62. The minimum atomic E-state index is -1.29. The zero-order valence-corrected chi connectivity index (χ0v) is 30.8. The summed E-state index contributed by atoms with van der Waals surface area (Å²) < 4.78 is 26.3. The van der Waals surface area contributed by atoms with Gasteiger partial charge in [-0.15, -0.1) is 6.58 Å². The molecule has 288 valence electrons. The second-order valence-electron chi connectivity index (χ2n) is 14.8. The van der Waals surface area contributed by atoms with Gasteiger partial charge in [-0.2, -0.15) is 0 Å². The molecule has 2 heterocycles. The van der Waals surface area contributed by atoms with Gasteiger partial charge in [0.15, 0.2) is 0 Å². The summed E-state index contributed by atoms with van der Waals surface area (Å²) >= 11 is 0. The maximum atomic E-state index is 14.3. The van der Waals surface area contributed by atoms with Gasteiger partial charge in [-0.3, -0.25) is 9.69 Å². The van der Waals surface area contributed by atoms with Crippen molar-refractivity contribution in [1.82, 2.24) is 9.80 Å². The average molecular weight is 726 g/mol. The molecule has 0 unspecified atom stereocenters. The Morgan fingerprint density at radius 1 is 1.08 bits per heavy atom. The summed E-state index contributed by atoms with van der Waals surface area (Å²) in [5, 5.41) is 33.7. The second kappa shape index (κ2) is 18.4. The zero-order chi connectivity index (χ0) is 36.5. The van der Waals surface area contributed by atoms with Crippen molar-refractivity contribution in [2.24, 2.45) is 28.8 Å². The van der Waals surface area contributed by atoms with Crippen LogP contribution in [-0.4, -0.2) is 128 Å². The maximum Gasteiger partial charge on any atom is 0.239 e. The van der Waals surface area contributed by atoms with Crippen LogP contribution in [0.25, 0.3) is 0 Å². The van der Waals surface area contributed by atoms with E-state index in [1.807, 2.05) is 17.0 Å². The van der Waals surface area contributed by atoms with Crippen molar-refractivity contribution < 1.29 is 43.9 Å². The zero-order valence-electron chi connectivity index (χ0n) is 30.8. The summed E-state index contributed by atoms with van der Waals surface area (Å²) in [4.78, 5) is 24.0. The van der Waals surface area contributed by atoms with Crippen LogP contribution in [0.4, 0.5) is 0 Å². The Bertz CT molecular complexity index is 1410. The molecular formula is C40H59N3O9. The van der Waals surface area contributed by atoms with Crippen LogP contribution in [-0.2, 0) is 19.1 Å². The Morgan fingerprint density at radius 3 is 2.56 bits per heavy atom. The summed E-state index contributed by atoms with van der Waals surface area (Å²) in [5.41, 5.74) is 2.82. The number of allylic oxidation sites excluding steroid dienone is 1. The van der Waals surface area contributed by atoms with Crippen LogP contribution in [0.15, 0.2) is 47.7 Å². The number of ether oxygens (including phenoxy) is 4. The van der Waals surface area contributed by atoms with Crippen LogP contribution in [0.3, 0.4) is 0 Å². The van der Waals surface area contributed by atoms with E-state index in [1.165, 1.54) is 0 Å². The molecule has 3 aliphatic carbocycles. The lowest BCUT2D eigenvalue weighted by atomic mass is 9.55. The number of rotatable bonds is 23. The SMILES string of the molecule is C=CCO[C@@]12Oc3ccc(OCCN4CC4)cc3[C@H]3[C@H](CCCCO)[C@@H](CCCCO)C=C(C(=NOC)C[C@@H]1N(CCOCCO)C(=O)C1CC1)[C@H]32. The largest absolute Gasteiger partial charge is 0.492 e. The van der Waals surface area contributed by atoms with Crippen molar-refractivity contribution in [2.45, 2.75) is 75.5 Å². The van der Waals surface area contributed by atoms with Gasteiger partial charge in [0.05, 0.1) is 38.1 Å². The topological polar surface area (TPSA) is 143 Å². The Morgan fingerprint density at radius 2 is 1.87 bits per heavy atom. The lowest BCUT2D eigenvalue weighted by Crippen LogP contribution is -2.70. The molecule has 6 rings (SSSR count). The lowest BCUT2D eigenvalue weighted by molar-refractivity contribution is -0.258. The number of amides is 1. The van der Waals surface area contributed by atoms with Gasteiger partial charge in [0.2, 0.25) is 11.7 Å². The first-order valence-electron chi connectivity index (χ1n) is 19.4. The highest BCUT2D eigenvalue weighted by atomic mass is 16.7. The quantitative estimate of drug-likeness (QED) is 0.0659. The van der Waals surface area contributed by atoms with Crippen LogP contribution in [0, 0.1) is 23.7 Å². The van der Waals surface area contributed by atoms with Crippen molar-refractivity contribution in [1.29, 1.82) is 0 Å². The van der Waals surface area contributed by atoms with Crippen molar-refractivity contribution in [3.05, 3.63) is 48.1 Å². The summed E-state index contributed by atoms with van der Waals surface area (Å²) in [7, 11) is 1.56. The number of fused-ring (bicyclic) bond motifs is 2. The fourth-order valence-electron chi connectivity index (χ4n) is 8.75. The van der Waals surface area contributed by atoms with E-state index in [-0.39, 0.29) is 75.1 Å². The molecule has 12 nitrogen and oxygen atoms in total. The monoisotopic (exact) mass is 725 g/mol. The van der Waals surface area contributed by atoms with Crippen molar-refractivity contribution in [3.8, 4) is 11.5 Å². The Kier molecular flexibility index (Phi) is 13.7. The van der Waals surface area contributed by atoms with Crippen LogP contribution in [0.2, 0.25) is 0 Å². The van der Waals surface area contributed by atoms with E-state index < -0.39 is 11.8 Å². The van der Waals surface area contributed by atoms with E-state index >= 15 is 0 Å². The fourth-order valence-corrected chi connectivity index (χ4v) is 8.75. The van der Waals surface area contributed by atoms with Gasteiger partial charge in [-0.05, 0) is 74.1 Å².